The van der Waals surface area contributed by atoms with E-state index in [1.807, 2.05) is 0 Å². The lowest BCUT2D eigenvalue weighted by atomic mass is 10.0. The van der Waals surface area contributed by atoms with Crippen molar-refractivity contribution < 1.29 is 18.8 Å². The quantitative estimate of drug-likeness (QED) is 0.165. The number of rotatable bonds is 20. The number of nitrogens with one attached hydrogen (secondary N) is 1. The van der Waals surface area contributed by atoms with E-state index in [1.165, 1.54) is 96.3 Å². The zero-order valence-corrected chi connectivity index (χ0v) is 21.2. The Balaban J connectivity index is 1.92. The zero-order chi connectivity index (χ0) is 25.0. The van der Waals surface area contributed by atoms with Crippen LogP contribution in [0, 0.1) is 5.82 Å². The van der Waals surface area contributed by atoms with E-state index in [-0.39, 0.29) is 6.10 Å². The van der Waals surface area contributed by atoms with E-state index in [4.69, 9.17) is 4.74 Å². The molecule has 1 rings (SSSR count). The summed E-state index contributed by atoms with van der Waals surface area (Å²) < 4.78 is 18.6. The average Bonchev–Trinajstić information content (AvgIpc) is 2.79. The molecule has 1 unspecified atom stereocenters. The molecule has 1 aromatic heterocycles. The van der Waals surface area contributed by atoms with Crippen molar-refractivity contribution in [2.75, 3.05) is 0 Å². The van der Waals surface area contributed by atoms with Crippen LogP contribution in [0.15, 0.2) is 15.8 Å². The Kier molecular flexibility index (Phi) is 16.9. The Labute approximate surface area is 203 Å². The Morgan fingerprint density at radius 2 is 1.29 bits per heavy atom. The molecule has 0 amide bonds. The SMILES string of the molecule is CCCCCCCCCCCCCCCCCCCC(C)OC(=O)On1cc(F)c(=O)[nH]c1=O. The zero-order valence-electron chi connectivity index (χ0n) is 21.2. The topological polar surface area (TPSA) is 90.4 Å². The minimum atomic E-state index is -1.23. The van der Waals surface area contributed by atoms with Crippen LogP contribution < -0.4 is 16.1 Å². The van der Waals surface area contributed by atoms with Gasteiger partial charge in [0.15, 0.2) is 0 Å². The second-order valence-corrected chi connectivity index (χ2v) is 9.28. The molecule has 0 spiro atoms. The smallest absolute Gasteiger partial charge is 0.430 e. The number of nitrogens with zero attached hydrogens (tertiary/aromatic N) is 1. The first kappa shape index (κ1) is 29.9. The van der Waals surface area contributed by atoms with E-state index < -0.39 is 23.2 Å². The van der Waals surface area contributed by atoms with Crippen LogP contribution >= 0.6 is 0 Å². The fourth-order valence-corrected chi connectivity index (χ4v) is 3.98. The minimum absolute atomic E-state index is 0.307. The summed E-state index contributed by atoms with van der Waals surface area (Å²) in [5.74, 6) is -1.23. The van der Waals surface area contributed by atoms with Crippen molar-refractivity contribution in [1.29, 1.82) is 0 Å². The Morgan fingerprint density at radius 1 is 0.853 bits per heavy atom. The summed E-state index contributed by atoms with van der Waals surface area (Å²) in [5.41, 5.74) is -2.23. The number of H-pyrrole nitrogens is 1. The molecule has 0 aliphatic heterocycles. The third-order valence-corrected chi connectivity index (χ3v) is 6.05. The van der Waals surface area contributed by atoms with Gasteiger partial charge in [-0.25, -0.2) is 9.59 Å². The first-order valence-electron chi connectivity index (χ1n) is 13.3. The number of hydrogen-bond donors (Lipinski definition) is 1. The van der Waals surface area contributed by atoms with Crippen LogP contribution in [-0.4, -0.2) is 22.0 Å². The van der Waals surface area contributed by atoms with Crippen molar-refractivity contribution in [3.8, 4) is 0 Å². The van der Waals surface area contributed by atoms with Gasteiger partial charge < -0.3 is 4.74 Å². The maximum Gasteiger partial charge on any atom is 0.534 e. The number of carbonyl (C=O) groups is 1. The molecule has 0 saturated carbocycles. The van der Waals surface area contributed by atoms with Gasteiger partial charge in [-0.15, -0.1) is 4.73 Å². The maximum absolute atomic E-state index is 13.2. The number of unbranched alkanes of at least 4 members (excludes halogenated alkanes) is 16. The molecular weight excluding hydrogens is 439 g/mol. The summed E-state index contributed by atoms with van der Waals surface area (Å²) in [4.78, 5) is 40.5. The van der Waals surface area contributed by atoms with Gasteiger partial charge in [-0.1, -0.05) is 110 Å². The van der Waals surface area contributed by atoms with Gasteiger partial charge in [0.1, 0.15) is 6.10 Å². The summed E-state index contributed by atoms with van der Waals surface area (Å²) in [5, 5.41) is 0. The van der Waals surface area contributed by atoms with Crippen LogP contribution in [0.1, 0.15) is 129 Å². The van der Waals surface area contributed by atoms with Crippen molar-refractivity contribution in [1.82, 2.24) is 9.71 Å². The standard InChI is InChI=1S/C26H45FN2O5/c1-3-4-5-6-7-8-9-10-11-12-13-14-15-16-17-18-19-20-22(2)33-26(32)34-29-21-23(27)24(30)28-25(29)31/h21-22H,3-20H2,1-2H3,(H,28,30,31). The summed E-state index contributed by atoms with van der Waals surface area (Å²) in [7, 11) is 0. The Morgan fingerprint density at radius 3 is 1.76 bits per heavy atom. The molecular formula is C26H45FN2O5. The molecule has 196 valence electrons. The van der Waals surface area contributed by atoms with Gasteiger partial charge in [0.2, 0.25) is 5.82 Å². The fraction of sp³-hybridized carbons (Fsp3) is 0.808. The lowest BCUT2D eigenvalue weighted by Gasteiger charge is -2.13. The predicted molar refractivity (Wildman–Crippen MR) is 133 cm³/mol. The molecule has 0 aliphatic rings. The maximum atomic E-state index is 13.2. The number of aromatic amines is 1. The highest BCUT2D eigenvalue weighted by atomic mass is 19.1. The van der Waals surface area contributed by atoms with E-state index >= 15 is 0 Å². The summed E-state index contributed by atoms with van der Waals surface area (Å²) >= 11 is 0. The van der Waals surface area contributed by atoms with E-state index in [9.17, 15) is 18.8 Å². The average molecular weight is 485 g/mol. The van der Waals surface area contributed by atoms with Crippen LogP contribution in [-0.2, 0) is 4.74 Å². The number of aromatic nitrogens is 2. The first-order valence-corrected chi connectivity index (χ1v) is 13.3. The van der Waals surface area contributed by atoms with Crippen LogP contribution in [0.4, 0.5) is 9.18 Å². The predicted octanol–water partition coefficient (Wildman–Crippen LogP) is 6.67. The van der Waals surface area contributed by atoms with Gasteiger partial charge in [0, 0.05) is 0 Å². The van der Waals surface area contributed by atoms with Crippen molar-refractivity contribution in [2.45, 2.75) is 136 Å². The monoisotopic (exact) mass is 484 g/mol. The molecule has 0 aliphatic carbocycles. The molecule has 0 fully saturated rings. The third kappa shape index (κ3) is 14.9. The van der Waals surface area contributed by atoms with E-state index in [0.29, 0.717) is 17.3 Å². The highest BCUT2D eigenvalue weighted by molar-refractivity contribution is 5.60. The minimum Gasteiger partial charge on any atom is -0.430 e. The number of ether oxygens (including phenoxy) is 1. The lowest BCUT2D eigenvalue weighted by molar-refractivity contribution is 0.0165. The molecule has 1 aromatic rings. The van der Waals surface area contributed by atoms with Gasteiger partial charge in [-0.05, 0) is 19.8 Å². The van der Waals surface area contributed by atoms with Crippen LogP contribution in [0.5, 0.6) is 0 Å². The molecule has 34 heavy (non-hydrogen) atoms. The lowest BCUT2D eigenvalue weighted by Crippen LogP contribution is -2.38. The molecule has 1 N–H and O–H groups in total. The second-order valence-electron chi connectivity index (χ2n) is 9.28. The summed E-state index contributed by atoms with van der Waals surface area (Å²) in [6, 6.07) is 0. The van der Waals surface area contributed by atoms with Gasteiger partial charge in [-0.3, -0.25) is 14.6 Å². The number of carbonyl (C=O) groups excluding carboxylic acids is 1. The molecule has 1 atom stereocenters. The molecule has 0 aromatic carbocycles. The normalized spacial score (nSPS) is 12.0. The number of halogens is 1. The van der Waals surface area contributed by atoms with Crippen molar-refractivity contribution in [3.63, 3.8) is 0 Å². The van der Waals surface area contributed by atoms with Gasteiger partial charge in [0.25, 0.3) is 5.56 Å². The van der Waals surface area contributed by atoms with E-state index in [0.717, 1.165) is 12.8 Å². The summed E-state index contributed by atoms with van der Waals surface area (Å²) in [6.45, 7) is 4.00. The Bertz CT molecular complexity index is 777. The molecule has 0 radical (unpaired) electrons. The largest absolute Gasteiger partial charge is 0.534 e. The van der Waals surface area contributed by atoms with Crippen molar-refractivity contribution in [3.05, 3.63) is 32.9 Å². The van der Waals surface area contributed by atoms with Crippen LogP contribution in [0.3, 0.4) is 0 Å². The van der Waals surface area contributed by atoms with Crippen LogP contribution in [0.2, 0.25) is 0 Å². The molecule has 7 nitrogen and oxygen atoms in total. The number of hydrogen-bond acceptors (Lipinski definition) is 5. The molecule has 8 heteroatoms. The van der Waals surface area contributed by atoms with Crippen LogP contribution in [0.25, 0.3) is 0 Å². The summed E-state index contributed by atoms with van der Waals surface area (Å²) in [6.07, 6.45) is 21.9. The fourth-order valence-electron chi connectivity index (χ4n) is 3.98. The highest BCUT2D eigenvalue weighted by Gasteiger charge is 2.14. The van der Waals surface area contributed by atoms with Gasteiger partial charge >= 0.3 is 11.8 Å². The van der Waals surface area contributed by atoms with Crippen molar-refractivity contribution in [2.24, 2.45) is 0 Å². The Hall–Kier alpha value is -2.12. The van der Waals surface area contributed by atoms with Crippen molar-refractivity contribution >= 4 is 6.16 Å². The van der Waals surface area contributed by atoms with Gasteiger partial charge in [-0.2, -0.15) is 4.39 Å². The second kappa shape index (κ2) is 19.2. The molecule has 0 bridgehead atoms. The van der Waals surface area contributed by atoms with E-state index in [2.05, 4.69) is 11.8 Å². The van der Waals surface area contributed by atoms with E-state index in [1.54, 1.807) is 11.9 Å². The molecule has 1 heterocycles. The first-order chi connectivity index (χ1) is 16.4. The highest BCUT2D eigenvalue weighted by Crippen LogP contribution is 2.15. The molecule has 0 saturated heterocycles. The third-order valence-electron chi connectivity index (χ3n) is 6.05. The van der Waals surface area contributed by atoms with Gasteiger partial charge in [0.05, 0.1) is 6.20 Å².